The van der Waals surface area contributed by atoms with E-state index in [9.17, 15) is 5.11 Å². The molecule has 0 radical (unpaired) electrons. The maximum Gasteiger partial charge on any atom is 0.263 e. The number of hydrogen-bond acceptors (Lipinski definition) is 5. The molecule has 1 aromatic carbocycles. The van der Waals surface area contributed by atoms with Crippen LogP contribution >= 0.6 is 25.3 Å². The van der Waals surface area contributed by atoms with E-state index in [0.717, 1.165) is 17.1 Å². The molecule has 0 unspecified atom stereocenters. The van der Waals surface area contributed by atoms with Crippen molar-refractivity contribution in [2.75, 3.05) is 16.4 Å². The molecule has 0 spiro atoms. The maximum absolute atomic E-state index is 9.36. The van der Waals surface area contributed by atoms with Crippen molar-refractivity contribution in [3.8, 4) is 0 Å². The highest BCUT2D eigenvalue weighted by Crippen LogP contribution is 2.33. The van der Waals surface area contributed by atoms with Crippen LogP contribution in [-0.4, -0.2) is 16.0 Å². The van der Waals surface area contributed by atoms with Crippen molar-refractivity contribution < 1.29 is 5.11 Å². The summed E-state index contributed by atoms with van der Waals surface area (Å²) in [5.41, 5.74) is 1.73. The van der Waals surface area contributed by atoms with Crippen molar-refractivity contribution in [2.24, 2.45) is 0 Å². The Bertz CT molecular complexity index is 315. The molecule has 0 aromatic heterocycles. The standard InChI is InChI=1S/C7H8N2OS.C3H6S/c10-7(11)8-5-3-1-2-4-6(5)9-7;1-2-3-4/h1-4,8-11H;2,4H,1,3H2. The summed E-state index contributed by atoms with van der Waals surface area (Å²) in [6.45, 7) is 3.40. The lowest BCUT2D eigenvalue weighted by molar-refractivity contribution is 0.205. The van der Waals surface area contributed by atoms with Gasteiger partial charge in [-0.3, -0.25) is 0 Å². The molecule has 0 aliphatic carbocycles. The number of rotatable bonds is 1. The third kappa shape index (κ3) is 3.70. The molecular weight excluding hydrogens is 228 g/mol. The van der Waals surface area contributed by atoms with Crippen LogP contribution in [0.5, 0.6) is 0 Å². The molecule has 3 N–H and O–H groups in total. The van der Waals surface area contributed by atoms with Crippen LogP contribution in [0.25, 0.3) is 0 Å². The Morgan fingerprint density at radius 3 is 2.07 bits per heavy atom. The number of thiol groups is 2. The fraction of sp³-hybridized carbons (Fsp3) is 0.200. The summed E-state index contributed by atoms with van der Waals surface area (Å²) >= 11 is 7.73. The molecule has 5 heteroatoms. The van der Waals surface area contributed by atoms with Crippen molar-refractivity contribution in [3.05, 3.63) is 36.9 Å². The lowest BCUT2D eigenvalue weighted by Crippen LogP contribution is -2.34. The molecule has 0 saturated heterocycles. The second kappa shape index (κ2) is 5.34. The summed E-state index contributed by atoms with van der Waals surface area (Å²) in [6, 6.07) is 7.53. The molecule has 1 aliphatic heterocycles. The van der Waals surface area contributed by atoms with Gasteiger partial charge in [0.1, 0.15) is 0 Å². The number of benzene rings is 1. The maximum atomic E-state index is 9.36. The summed E-state index contributed by atoms with van der Waals surface area (Å²) in [6.07, 6.45) is 1.74. The number of anilines is 2. The van der Waals surface area contributed by atoms with E-state index in [2.05, 4.69) is 42.5 Å². The first kappa shape index (κ1) is 12.3. The lowest BCUT2D eigenvalue weighted by Gasteiger charge is -2.15. The molecule has 2 rings (SSSR count). The fourth-order valence-corrected chi connectivity index (χ4v) is 1.35. The van der Waals surface area contributed by atoms with E-state index < -0.39 is 5.18 Å². The smallest absolute Gasteiger partial charge is 0.263 e. The molecule has 82 valence electrons. The number of nitrogens with one attached hydrogen (secondary N) is 2. The van der Waals surface area contributed by atoms with Crippen molar-refractivity contribution in [3.63, 3.8) is 0 Å². The van der Waals surface area contributed by atoms with E-state index in [-0.39, 0.29) is 0 Å². The van der Waals surface area contributed by atoms with Gasteiger partial charge in [-0.1, -0.05) is 30.8 Å². The van der Waals surface area contributed by atoms with E-state index in [1.165, 1.54) is 0 Å². The average Bonchev–Trinajstić information content (AvgIpc) is 2.52. The topological polar surface area (TPSA) is 44.3 Å². The molecule has 1 aliphatic rings. The van der Waals surface area contributed by atoms with Crippen LogP contribution in [0, 0.1) is 0 Å². The molecule has 0 saturated carbocycles. The van der Waals surface area contributed by atoms with Gasteiger partial charge >= 0.3 is 0 Å². The third-order valence-corrected chi connectivity index (χ3v) is 2.16. The van der Waals surface area contributed by atoms with Gasteiger partial charge in [-0.15, -0.1) is 6.58 Å². The Hall–Kier alpha value is -0.780. The fourth-order valence-electron chi connectivity index (χ4n) is 1.11. The molecule has 0 fully saturated rings. The zero-order valence-electron chi connectivity index (χ0n) is 8.14. The van der Waals surface area contributed by atoms with E-state index in [4.69, 9.17) is 0 Å². The van der Waals surface area contributed by atoms with Crippen molar-refractivity contribution in [1.82, 2.24) is 0 Å². The highest BCUT2D eigenvalue weighted by Gasteiger charge is 2.28. The molecule has 1 aromatic rings. The zero-order valence-corrected chi connectivity index (χ0v) is 9.93. The first-order valence-electron chi connectivity index (χ1n) is 4.41. The Morgan fingerprint density at radius 2 is 1.73 bits per heavy atom. The lowest BCUT2D eigenvalue weighted by atomic mass is 10.3. The van der Waals surface area contributed by atoms with Crippen LogP contribution in [-0.2, 0) is 0 Å². The van der Waals surface area contributed by atoms with Gasteiger partial charge in [-0.25, -0.2) is 0 Å². The summed E-state index contributed by atoms with van der Waals surface area (Å²) in [5.74, 6) is 0.778. The molecule has 3 nitrogen and oxygen atoms in total. The van der Waals surface area contributed by atoms with Crippen LogP contribution in [0.1, 0.15) is 0 Å². The predicted octanol–water partition coefficient (Wildman–Crippen LogP) is 2.16. The number of para-hydroxylation sites is 2. The largest absolute Gasteiger partial charge is 0.346 e. The van der Waals surface area contributed by atoms with Gasteiger partial charge in [0.05, 0.1) is 11.4 Å². The number of hydrogen-bond donors (Lipinski definition) is 5. The van der Waals surface area contributed by atoms with E-state index in [0.29, 0.717) is 0 Å². The Labute approximate surface area is 100 Å². The highest BCUT2D eigenvalue weighted by atomic mass is 32.1. The number of aliphatic hydroxyl groups is 1. The van der Waals surface area contributed by atoms with Crippen LogP contribution in [0.2, 0.25) is 0 Å². The van der Waals surface area contributed by atoms with Crippen molar-refractivity contribution in [2.45, 2.75) is 5.18 Å². The van der Waals surface area contributed by atoms with E-state index in [1.54, 1.807) is 6.08 Å². The Morgan fingerprint density at radius 1 is 1.33 bits per heavy atom. The Balaban J connectivity index is 0.000000245. The minimum absolute atomic E-state index is 0.778. The van der Waals surface area contributed by atoms with Crippen LogP contribution in [0.15, 0.2) is 36.9 Å². The molecule has 0 amide bonds. The molecule has 15 heavy (non-hydrogen) atoms. The van der Waals surface area contributed by atoms with Crippen molar-refractivity contribution >= 4 is 36.6 Å². The van der Waals surface area contributed by atoms with E-state index in [1.807, 2.05) is 24.3 Å². The van der Waals surface area contributed by atoms with Crippen LogP contribution in [0.3, 0.4) is 0 Å². The van der Waals surface area contributed by atoms with Gasteiger partial charge in [0.25, 0.3) is 5.18 Å². The molecule has 0 atom stereocenters. The monoisotopic (exact) mass is 242 g/mol. The minimum Gasteiger partial charge on any atom is -0.346 e. The van der Waals surface area contributed by atoms with Crippen LogP contribution in [0.4, 0.5) is 11.4 Å². The van der Waals surface area contributed by atoms with Gasteiger partial charge in [0.15, 0.2) is 0 Å². The van der Waals surface area contributed by atoms with Gasteiger partial charge in [0, 0.05) is 5.75 Å². The van der Waals surface area contributed by atoms with Gasteiger partial charge in [-0.2, -0.15) is 12.6 Å². The summed E-state index contributed by atoms with van der Waals surface area (Å²) in [4.78, 5) is 0. The minimum atomic E-state index is -1.30. The molecule has 0 bridgehead atoms. The first-order valence-corrected chi connectivity index (χ1v) is 5.49. The molecular formula is C10H14N2OS2. The van der Waals surface area contributed by atoms with Crippen molar-refractivity contribution in [1.29, 1.82) is 0 Å². The Kier molecular flexibility index (Phi) is 4.38. The predicted molar refractivity (Wildman–Crippen MR) is 71.7 cm³/mol. The SMILES string of the molecule is C=CCS.OC1(S)Nc2ccccc2N1. The summed E-state index contributed by atoms with van der Waals surface area (Å²) in [7, 11) is 0. The average molecular weight is 242 g/mol. The first-order chi connectivity index (χ1) is 7.09. The second-order valence-corrected chi connectivity index (χ2v) is 3.95. The summed E-state index contributed by atoms with van der Waals surface area (Å²) < 4.78 is 0. The van der Waals surface area contributed by atoms with Gasteiger partial charge < -0.3 is 15.7 Å². The second-order valence-electron chi connectivity index (χ2n) is 2.94. The highest BCUT2D eigenvalue weighted by molar-refractivity contribution is 7.81. The number of fused-ring (bicyclic) bond motifs is 1. The van der Waals surface area contributed by atoms with Gasteiger partial charge in [-0.05, 0) is 12.1 Å². The van der Waals surface area contributed by atoms with E-state index >= 15 is 0 Å². The zero-order chi connectivity index (χ0) is 11.3. The quantitative estimate of drug-likeness (QED) is 0.298. The van der Waals surface area contributed by atoms with Crippen LogP contribution < -0.4 is 10.6 Å². The molecule has 1 heterocycles. The van der Waals surface area contributed by atoms with Gasteiger partial charge in [0.2, 0.25) is 0 Å². The third-order valence-electron chi connectivity index (χ3n) is 1.67. The normalized spacial score (nSPS) is 15.1. The summed E-state index contributed by atoms with van der Waals surface area (Å²) in [5, 5.41) is 13.6.